The predicted molar refractivity (Wildman–Crippen MR) is 76.2 cm³/mol. The van der Waals surface area contributed by atoms with Crippen LogP contribution in [0.2, 0.25) is 0 Å². The van der Waals surface area contributed by atoms with Gasteiger partial charge in [0, 0.05) is 31.5 Å². The van der Waals surface area contributed by atoms with Crippen molar-refractivity contribution in [3.63, 3.8) is 0 Å². The van der Waals surface area contributed by atoms with Crippen molar-refractivity contribution in [3.8, 4) is 0 Å². The summed E-state index contributed by atoms with van der Waals surface area (Å²) in [6.45, 7) is 1.95. The average Bonchev–Trinajstić information content (AvgIpc) is 2.47. The zero-order chi connectivity index (χ0) is 14.4. The van der Waals surface area contributed by atoms with Crippen molar-refractivity contribution in [1.29, 1.82) is 0 Å². The maximum Gasteiger partial charge on any atom is 0.257 e. The number of hydrogen-bond acceptors (Lipinski definition) is 3. The second kappa shape index (κ2) is 6.47. The molecule has 0 bridgehead atoms. The molecule has 0 spiro atoms. The van der Waals surface area contributed by atoms with E-state index in [0.29, 0.717) is 17.8 Å². The Morgan fingerprint density at radius 3 is 2.50 bits per heavy atom. The van der Waals surface area contributed by atoms with E-state index in [1.807, 2.05) is 12.1 Å². The van der Waals surface area contributed by atoms with Crippen LogP contribution in [0.5, 0.6) is 0 Å². The maximum absolute atomic E-state index is 11.9. The van der Waals surface area contributed by atoms with Gasteiger partial charge in [-0.25, -0.2) is 0 Å². The van der Waals surface area contributed by atoms with Crippen molar-refractivity contribution in [2.75, 3.05) is 5.32 Å². The van der Waals surface area contributed by atoms with Crippen LogP contribution in [0.25, 0.3) is 0 Å². The number of hydrogen-bond donors (Lipinski definition) is 2. The van der Waals surface area contributed by atoms with Crippen molar-refractivity contribution in [1.82, 2.24) is 10.3 Å². The molecule has 2 amide bonds. The highest BCUT2D eigenvalue weighted by atomic mass is 16.2. The van der Waals surface area contributed by atoms with Gasteiger partial charge in [0.15, 0.2) is 0 Å². The lowest BCUT2D eigenvalue weighted by Gasteiger charge is -2.07. The molecule has 2 aromatic rings. The lowest BCUT2D eigenvalue weighted by atomic mass is 10.2. The lowest BCUT2D eigenvalue weighted by Crippen LogP contribution is -2.18. The highest BCUT2D eigenvalue weighted by molar-refractivity contribution is 6.03. The van der Waals surface area contributed by atoms with Crippen molar-refractivity contribution < 1.29 is 9.59 Å². The van der Waals surface area contributed by atoms with Gasteiger partial charge in [-0.3, -0.25) is 14.6 Å². The standard InChI is InChI=1S/C15H15N3O2/c1-11(19)17-9-12-4-6-14(7-5-12)18-15(20)13-3-2-8-16-10-13/h2-8,10H,9H2,1H3,(H,17,19)(H,18,20). The van der Waals surface area contributed by atoms with E-state index in [0.717, 1.165) is 5.56 Å². The van der Waals surface area contributed by atoms with Crippen molar-refractivity contribution in [2.45, 2.75) is 13.5 Å². The average molecular weight is 269 g/mol. The van der Waals surface area contributed by atoms with E-state index in [1.165, 1.54) is 13.1 Å². The molecule has 2 N–H and O–H groups in total. The highest BCUT2D eigenvalue weighted by Gasteiger charge is 2.05. The molecule has 0 saturated carbocycles. The molecular weight excluding hydrogens is 254 g/mol. The smallest absolute Gasteiger partial charge is 0.257 e. The third-order valence-corrected chi connectivity index (χ3v) is 2.68. The Morgan fingerprint density at radius 2 is 1.90 bits per heavy atom. The summed E-state index contributed by atoms with van der Waals surface area (Å²) in [6.07, 6.45) is 3.13. The Kier molecular flexibility index (Phi) is 4.44. The summed E-state index contributed by atoms with van der Waals surface area (Å²) in [7, 11) is 0. The molecule has 0 atom stereocenters. The molecule has 5 heteroatoms. The molecule has 2 rings (SSSR count). The minimum atomic E-state index is -0.201. The molecule has 1 heterocycles. The number of carbonyl (C=O) groups excluding carboxylic acids is 2. The van der Waals surface area contributed by atoms with Crippen LogP contribution in [0.1, 0.15) is 22.8 Å². The Labute approximate surface area is 117 Å². The van der Waals surface area contributed by atoms with Crippen LogP contribution in [0.15, 0.2) is 48.8 Å². The van der Waals surface area contributed by atoms with E-state index in [2.05, 4.69) is 15.6 Å². The fourth-order valence-corrected chi connectivity index (χ4v) is 1.63. The summed E-state index contributed by atoms with van der Waals surface area (Å²) in [4.78, 5) is 26.6. The number of nitrogens with one attached hydrogen (secondary N) is 2. The molecular formula is C15H15N3O2. The minimum Gasteiger partial charge on any atom is -0.352 e. The molecule has 0 aliphatic carbocycles. The summed E-state index contributed by atoms with van der Waals surface area (Å²) in [6, 6.07) is 10.7. The van der Waals surface area contributed by atoms with Gasteiger partial charge in [0.05, 0.1) is 5.56 Å². The lowest BCUT2D eigenvalue weighted by molar-refractivity contribution is -0.119. The summed E-state index contributed by atoms with van der Waals surface area (Å²) in [5, 5.41) is 5.50. The first-order valence-corrected chi connectivity index (χ1v) is 6.20. The quantitative estimate of drug-likeness (QED) is 0.891. The number of pyridine rings is 1. The van der Waals surface area contributed by atoms with Gasteiger partial charge < -0.3 is 10.6 Å². The first-order chi connectivity index (χ1) is 9.65. The fraction of sp³-hybridized carbons (Fsp3) is 0.133. The Morgan fingerprint density at radius 1 is 1.15 bits per heavy atom. The number of anilines is 1. The minimum absolute atomic E-state index is 0.0704. The maximum atomic E-state index is 11.9. The van der Waals surface area contributed by atoms with Crippen LogP contribution in [0, 0.1) is 0 Å². The van der Waals surface area contributed by atoms with Gasteiger partial charge in [-0.1, -0.05) is 12.1 Å². The first-order valence-electron chi connectivity index (χ1n) is 6.20. The molecule has 20 heavy (non-hydrogen) atoms. The first kappa shape index (κ1) is 13.7. The van der Waals surface area contributed by atoms with E-state index in [1.54, 1.807) is 30.5 Å². The summed E-state index contributed by atoms with van der Waals surface area (Å²) >= 11 is 0. The van der Waals surface area contributed by atoms with E-state index in [9.17, 15) is 9.59 Å². The van der Waals surface area contributed by atoms with Crippen LogP contribution in [0.3, 0.4) is 0 Å². The molecule has 0 aliphatic rings. The van der Waals surface area contributed by atoms with Crippen molar-refractivity contribution >= 4 is 17.5 Å². The summed E-state index contributed by atoms with van der Waals surface area (Å²) < 4.78 is 0. The van der Waals surface area contributed by atoms with Crippen LogP contribution in [-0.4, -0.2) is 16.8 Å². The van der Waals surface area contributed by atoms with Gasteiger partial charge in [0.1, 0.15) is 0 Å². The molecule has 1 aromatic heterocycles. The van der Waals surface area contributed by atoms with Gasteiger partial charge in [-0.15, -0.1) is 0 Å². The third-order valence-electron chi connectivity index (χ3n) is 2.68. The van der Waals surface area contributed by atoms with Crippen LogP contribution in [-0.2, 0) is 11.3 Å². The van der Waals surface area contributed by atoms with Crippen LogP contribution >= 0.6 is 0 Å². The SMILES string of the molecule is CC(=O)NCc1ccc(NC(=O)c2cccnc2)cc1. The molecule has 0 radical (unpaired) electrons. The number of nitrogens with zero attached hydrogens (tertiary/aromatic N) is 1. The topological polar surface area (TPSA) is 71.1 Å². The molecule has 102 valence electrons. The van der Waals surface area contributed by atoms with Crippen LogP contribution < -0.4 is 10.6 Å². The van der Waals surface area contributed by atoms with Gasteiger partial charge in [0.2, 0.25) is 5.91 Å². The predicted octanol–water partition coefficient (Wildman–Crippen LogP) is 1.97. The fourth-order valence-electron chi connectivity index (χ4n) is 1.63. The van der Waals surface area contributed by atoms with E-state index in [4.69, 9.17) is 0 Å². The number of benzene rings is 1. The number of rotatable bonds is 4. The number of aromatic nitrogens is 1. The zero-order valence-corrected chi connectivity index (χ0v) is 11.1. The van der Waals surface area contributed by atoms with E-state index in [-0.39, 0.29) is 11.8 Å². The third kappa shape index (κ3) is 3.91. The Hall–Kier alpha value is -2.69. The van der Waals surface area contributed by atoms with Crippen LogP contribution in [0.4, 0.5) is 5.69 Å². The number of carbonyl (C=O) groups is 2. The van der Waals surface area contributed by atoms with E-state index >= 15 is 0 Å². The van der Waals surface area contributed by atoms with Gasteiger partial charge in [-0.2, -0.15) is 0 Å². The molecule has 5 nitrogen and oxygen atoms in total. The van der Waals surface area contributed by atoms with Gasteiger partial charge in [-0.05, 0) is 29.8 Å². The zero-order valence-electron chi connectivity index (χ0n) is 11.1. The van der Waals surface area contributed by atoms with Crippen molar-refractivity contribution in [2.24, 2.45) is 0 Å². The van der Waals surface area contributed by atoms with Gasteiger partial charge >= 0.3 is 0 Å². The summed E-state index contributed by atoms with van der Waals surface area (Å²) in [5.41, 5.74) is 2.18. The van der Waals surface area contributed by atoms with Gasteiger partial charge in [0.25, 0.3) is 5.91 Å². The molecule has 0 saturated heterocycles. The monoisotopic (exact) mass is 269 g/mol. The number of amides is 2. The second-order valence-corrected chi connectivity index (χ2v) is 4.30. The second-order valence-electron chi connectivity index (χ2n) is 4.30. The molecule has 0 unspecified atom stereocenters. The van der Waals surface area contributed by atoms with Crippen molar-refractivity contribution in [3.05, 3.63) is 59.9 Å². The molecule has 1 aromatic carbocycles. The normalized spacial score (nSPS) is 9.85. The Balaban J connectivity index is 1.97. The summed E-state index contributed by atoms with van der Waals surface area (Å²) in [5.74, 6) is -0.272. The molecule has 0 aliphatic heterocycles. The highest BCUT2D eigenvalue weighted by Crippen LogP contribution is 2.11. The Bertz CT molecular complexity index is 594. The largest absolute Gasteiger partial charge is 0.352 e. The van der Waals surface area contributed by atoms with E-state index < -0.39 is 0 Å². The molecule has 0 fully saturated rings.